The molecular weight excluding hydrogens is 310 g/mol. The molecular formula is C18H22ClN3O. The van der Waals surface area contributed by atoms with Crippen LogP contribution < -0.4 is 5.56 Å². The monoisotopic (exact) mass is 331 g/mol. The van der Waals surface area contributed by atoms with E-state index >= 15 is 0 Å². The van der Waals surface area contributed by atoms with Gasteiger partial charge in [0.2, 0.25) is 0 Å². The highest BCUT2D eigenvalue weighted by atomic mass is 35.5. The van der Waals surface area contributed by atoms with Crippen molar-refractivity contribution < 1.29 is 0 Å². The Kier molecular flexibility index (Phi) is 4.83. The Hall–Kier alpha value is -1.65. The van der Waals surface area contributed by atoms with Gasteiger partial charge in [0, 0.05) is 11.6 Å². The minimum absolute atomic E-state index is 0.146. The molecule has 1 aliphatic rings. The number of H-pyrrole nitrogens is 1. The molecule has 1 N–H and O–H groups in total. The standard InChI is InChI=1S/C18H22ClN3O/c1-12(22-10-4-3-5-11-22)14-6-8-15(9-7-14)17-16(19)18(23)21-13(2)20-17/h6-9,12H,3-5,10-11H2,1-2H3,(H,20,21,23)/t12-/m1/s1. The average molecular weight is 332 g/mol. The van der Waals surface area contributed by atoms with Gasteiger partial charge in [-0.25, -0.2) is 4.98 Å². The molecule has 1 atom stereocenters. The summed E-state index contributed by atoms with van der Waals surface area (Å²) < 4.78 is 0. The van der Waals surface area contributed by atoms with Gasteiger partial charge in [-0.05, 0) is 45.3 Å². The van der Waals surface area contributed by atoms with E-state index in [0.717, 1.165) is 5.56 Å². The number of nitrogens with zero attached hydrogens (tertiary/aromatic N) is 2. The van der Waals surface area contributed by atoms with Gasteiger partial charge in [0.15, 0.2) is 0 Å². The Labute approximate surface area is 141 Å². The molecule has 1 aromatic heterocycles. The van der Waals surface area contributed by atoms with Crippen LogP contribution in [0.5, 0.6) is 0 Å². The summed E-state index contributed by atoms with van der Waals surface area (Å²) in [6.45, 7) is 6.35. The van der Waals surface area contributed by atoms with Gasteiger partial charge in [0.25, 0.3) is 5.56 Å². The van der Waals surface area contributed by atoms with Crippen LogP contribution in [0.15, 0.2) is 29.1 Å². The predicted octanol–water partition coefficient (Wildman–Crippen LogP) is 3.95. The number of halogens is 1. The third-order valence-electron chi connectivity index (χ3n) is 4.59. The smallest absolute Gasteiger partial charge is 0.270 e. The van der Waals surface area contributed by atoms with E-state index in [1.54, 1.807) is 6.92 Å². The molecule has 1 aromatic carbocycles. The summed E-state index contributed by atoms with van der Waals surface area (Å²) in [5, 5.41) is 0.146. The summed E-state index contributed by atoms with van der Waals surface area (Å²) in [7, 11) is 0. The van der Waals surface area contributed by atoms with Crippen molar-refractivity contribution in [3.05, 3.63) is 51.0 Å². The molecule has 3 rings (SSSR count). The lowest BCUT2D eigenvalue weighted by Gasteiger charge is -2.32. The van der Waals surface area contributed by atoms with Crippen molar-refractivity contribution in [3.8, 4) is 11.3 Å². The molecule has 5 heteroatoms. The molecule has 23 heavy (non-hydrogen) atoms. The first-order chi connectivity index (χ1) is 11.1. The SMILES string of the molecule is Cc1nc(-c2ccc([C@@H](C)N3CCCCC3)cc2)c(Cl)c(=O)[nH]1. The molecule has 0 saturated carbocycles. The second kappa shape index (κ2) is 6.85. The van der Waals surface area contributed by atoms with E-state index < -0.39 is 0 Å². The highest BCUT2D eigenvalue weighted by molar-refractivity contribution is 6.32. The molecule has 0 amide bonds. The van der Waals surface area contributed by atoms with Crippen molar-refractivity contribution in [1.82, 2.24) is 14.9 Å². The normalized spacial score (nSPS) is 17.2. The van der Waals surface area contributed by atoms with Crippen LogP contribution >= 0.6 is 11.6 Å². The van der Waals surface area contributed by atoms with Crippen molar-refractivity contribution in [2.75, 3.05) is 13.1 Å². The molecule has 0 bridgehead atoms. The van der Waals surface area contributed by atoms with Gasteiger partial charge in [-0.2, -0.15) is 0 Å². The summed E-state index contributed by atoms with van der Waals surface area (Å²) in [5.74, 6) is 0.570. The van der Waals surface area contributed by atoms with Crippen molar-refractivity contribution in [2.24, 2.45) is 0 Å². The van der Waals surface area contributed by atoms with Crippen molar-refractivity contribution in [3.63, 3.8) is 0 Å². The molecule has 1 fully saturated rings. The quantitative estimate of drug-likeness (QED) is 0.926. The number of hydrogen-bond donors (Lipinski definition) is 1. The second-order valence-electron chi connectivity index (χ2n) is 6.21. The average Bonchev–Trinajstić information content (AvgIpc) is 2.58. The number of nitrogens with one attached hydrogen (secondary N) is 1. The van der Waals surface area contributed by atoms with Gasteiger partial charge in [-0.3, -0.25) is 9.69 Å². The second-order valence-corrected chi connectivity index (χ2v) is 6.59. The third-order valence-corrected chi connectivity index (χ3v) is 4.94. The Morgan fingerprint density at radius 3 is 2.48 bits per heavy atom. The largest absolute Gasteiger partial charge is 0.309 e. The van der Waals surface area contributed by atoms with Crippen LogP contribution in [0.2, 0.25) is 5.02 Å². The number of piperidine rings is 1. The van der Waals surface area contributed by atoms with Gasteiger partial charge >= 0.3 is 0 Å². The highest BCUT2D eigenvalue weighted by Gasteiger charge is 2.18. The summed E-state index contributed by atoms with van der Waals surface area (Å²) in [6.07, 6.45) is 3.91. The fourth-order valence-electron chi connectivity index (χ4n) is 3.20. The third kappa shape index (κ3) is 3.48. The molecule has 2 heterocycles. The molecule has 0 aliphatic carbocycles. The molecule has 1 aliphatic heterocycles. The zero-order valence-corrected chi connectivity index (χ0v) is 14.4. The number of aryl methyl sites for hydroxylation is 1. The lowest BCUT2D eigenvalue weighted by atomic mass is 10.0. The Morgan fingerprint density at radius 2 is 1.83 bits per heavy atom. The zero-order valence-electron chi connectivity index (χ0n) is 13.6. The molecule has 1 saturated heterocycles. The molecule has 4 nitrogen and oxygen atoms in total. The first-order valence-corrected chi connectivity index (χ1v) is 8.55. The van der Waals surface area contributed by atoms with E-state index in [0.29, 0.717) is 17.6 Å². The van der Waals surface area contributed by atoms with Crippen LogP contribution in [-0.2, 0) is 0 Å². The van der Waals surface area contributed by atoms with Crippen LogP contribution in [0.4, 0.5) is 0 Å². The molecule has 122 valence electrons. The molecule has 2 aromatic rings. The van der Waals surface area contributed by atoms with Gasteiger partial charge in [-0.1, -0.05) is 42.3 Å². The number of hydrogen-bond acceptors (Lipinski definition) is 3. The number of aromatic nitrogens is 2. The number of benzene rings is 1. The van der Waals surface area contributed by atoms with E-state index in [1.165, 1.54) is 37.9 Å². The van der Waals surface area contributed by atoms with Gasteiger partial charge in [-0.15, -0.1) is 0 Å². The highest BCUT2D eigenvalue weighted by Crippen LogP contribution is 2.28. The van der Waals surface area contributed by atoms with E-state index in [4.69, 9.17) is 11.6 Å². The van der Waals surface area contributed by atoms with Crippen LogP contribution in [0.3, 0.4) is 0 Å². The van der Waals surface area contributed by atoms with Crippen molar-refractivity contribution in [1.29, 1.82) is 0 Å². The maximum Gasteiger partial charge on any atom is 0.270 e. The lowest BCUT2D eigenvalue weighted by Crippen LogP contribution is -2.32. The minimum Gasteiger partial charge on any atom is -0.309 e. The topological polar surface area (TPSA) is 49.0 Å². The van der Waals surface area contributed by atoms with E-state index in [1.807, 2.05) is 12.1 Å². The molecule has 0 unspecified atom stereocenters. The maximum absolute atomic E-state index is 11.8. The predicted molar refractivity (Wildman–Crippen MR) is 93.9 cm³/mol. The Bertz CT molecular complexity index is 733. The molecule has 0 radical (unpaired) electrons. The lowest BCUT2D eigenvalue weighted by molar-refractivity contribution is 0.175. The van der Waals surface area contributed by atoms with Gasteiger partial charge < -0.3 is 4.98 Å². The Morgan fingerprint density at radius 1 is 1.17 bits per heavy atom. The van der Waals surface area contributed by atoms with Crippen LogP contribution in [-0.4, -0.2) is 28.0 Å². The summed E-state index contributed by atoms with van der Waals surface area (Å²) >= 11 is 6.11. The number of rotatable bonds is 3. The number of likely N-dealkylation sites (tertiary alicyclic amines) is 1. The first-order valence-electron chi connectivity index (χ1n) is 8.17. The van der Waals surface area contributed by atoms with Crippen LogP contribution in [0.25, 0.3) is 11.3 Å². The zero-order chi connectivity index (χ0) is 16.4. The van der Waals surface area contributed by atoms with Crippen LogP contribution in [0, 0.1) is 6.92 Å². The fourth-order valence-corrected chi connectivity index (χ4v) is 3.40. The number of aromatic amines is 1. The first kappa shape index (κ1) is 16.2. The minimum atomic E-state index is -0.292. The fraction of sp³-hybridized carbons (Fsp3) is 0.444. The van der Waals surface area contributed by atoms with E-state index in [-0.39, 0.29) is 10.6 Å². The Balaban J connectivity index is 1.86. The summed E-state index contributed by atoms with van der Waals surface area (Å²) in [5.41, 5.74) is 2.41. The maximum atomic E-state index is 11.8. The van der Waals surface area contributed by atoms with E-state index in [2.05, 4.69) is 33.9 Å². The van der Waals surface area contributed by atoms with E-state index in [9.17, 15) is 4.79 Å². The van der Waals surface area contributed by atoms with Crippen LogP contribution in [0.1, 0.15) is 43.6 Å². The van der Waals surface area contributed by atoms with Crippen molar-refractivity contribution in [2.45, 2.75) is 39.2 Å². The molecule has 0 spiro atoms. The van der Waals surface area contributed by atoms with Gasteiger partial charge in [0.05, 0.1) is 5.69 Å². The summed E-state index contributed by atoms with van der Waals surface area (Å²) in [4.78, 5) is 21.3. The summed E-state index contributed by atoms with van der Waals surface area (Å²) in [6, 6.07) is 8.64. The van der Waals surface area contributed by atoms with Gasteiger partial charge in [0.1, 0.15) is 10.8 Å². The van der Waals surface area contributed by atoms with Crippen molar-refractivity contribution >= 4 is 11.6 Å².